The van der Waals surface area contributed by atoms with E-state index in [0.717, 1.165) is 11.4 Å². The zero-order valence-electron chi connectivity index (χ0n) is 16.4. The minimum absolute atomic E-state index is 0.178. The molecule has 0 N–H and O–H groups in total. The molecule has 7 nitrogen and oxygen atoms in total. The molecule has 148 valence electrons. The lowest BCUT2D eigenvalue weighted by Crippen LogP contribution is -2.17. The van der Waals surface area contributed by atoms with Crippen molar-refractivity contribution in [2.75, 3.05) is 5.75 Å². The van der Waals surface area contributed by atoms with Crippen molar-refractivity contribution < 1.29 is 4.79 Å². The number of thiazole rings is 1. The highest BCUT2D eigenvalue weighted by atomic mass is 32.2. The number of hydrogen-bond donors (Lipinski definition) is 0. The molecule has 9 heteroatoms. The fourth-order valence-electron chi connectivity index (χ4n) is 2.87. The van der Waals surface area contributed by atoms with Crippen LogP contribution in [0.15, 0.2) is 52.1 Å². The monoisotopic (exact) mass is 424 g/mol. The molecule has 0 atom stereocenters. The third-order valence-electron chi connectivity index (χ3n) is 4.28. The summed E-state index contributed by atoms with van der Waals surface area (Å²) in [6, 6.07) is 10.3. The van der Waals surface area contributed by atoms with Gasteiger partial charge in [-0.05, 0) is 32.4 Å². The average Bonchev–Trinajstić information content (AvgIpc) is 3.29. The van der Waals surface area contributed by atoms with Gasteiger partial charge < -0.3 is 4.57 Å². The molecule has 0 fully saturated rings. The molecule has 0 spiro atoms. The molecule has 3 heterocycles. The number of hydrogen-bond acceptors (Lipinski definition) is 6. The Balaban J connectivity index is 1.46. The number of rotatable bonds is 5. The van der Waals surface area contributed by atoms with Crippen LogP contribution in [-0.4, -0.2) is 35.8 Å². The van der Waals surface area contributed by atoms with Gasteiger partial charge >= 0.3 is 0 Å². The molecular formula is C20H20N6OS2. The summed E-state index contributed by atoms with van der Waals surface area (Å²) in [5.41, 5.74) is 4.24. The lowest BCUT2D eigenvalue weighted by atomic mass is 10.1. The van der Waals surface area contributed by atoms with Crippen LogP contribution in [0.1, 0.15) is 22.5 Å². The first kappa shape index (κ1) is 19.5. The first-order chi connectivity index (χ1) is 14.0. The molecule has 4 rings (SSSR count). The molecule has 3 aromatic heterocycles. The number of aryl methyl sites for hydroxylation is 3. The van der Waals surface area contributed by atoms with Crippen LogP contribution in [0.2, 0.25) is 0 Å². The Labute approximate surface area is 176 Å². The predicted octanol–water partition coefficient (Wildman–Crippen LogP) is 3.18. The largest absolute Gasteiger partial charge is 0.319 e. The first-order valence-corrected chi connectivity index (χ1v) is 11.0. The van der Waals surface area contributed by atoms with Gasteiger partial charge in [-0.3, -0.25) is 4.79 Å². The van der Waals surface area contributed by atoms with Crippen molar-refractivity contribution in [3.05, 3.63) is 69.2 Å². The molecule has 0 radical (unpaired) electrons. The zero-order chi connectivity index (χ0) is 20.4. The number of aromatic nitrogens is 5. The second-order valence-corrected chi connectivity index (χ2v) is 8.55. The van der Waals surface area contributed by atoms with Gasteiger partial charge in [-0.25, -0.2) is 9.50 Å². The minimum Gasteiger partial charge on any atom is -0.319 e. The molecular weight excluding hydrogens is 404 g/mol. The van der Waals surface area contributed by atoms with Gasteiger partial charge in [-0.2, -0.15) is 9.98 Å². The molecule has 0 bridgehead atoms. The van der Waals surface area contributed by atoms with E-state index in [-0.39, 0.29) is 11.7 Å². The molecule has 0 aliphatic heterocycles. The maximum atomic E-state index is 12.4. The number of carbonyl (C=O) groups is 1. The van der Waals surface area contributed by atoms with Gasteiger partial charge in [0.25, 0.3) is 11.7 Å². The second-order valence-electron chi connectivity index (χ2n) is 6.74. The molecule has 29 heavy (non-hydrogen) atoms. The molecule has 0 unspecified atom stereocenters. The van der Waals surface area contributed by atoms with Crippen molar-refractivity contribution in [2.45, 2.75) is 32.5 Å². The summed E-state index contributed by atoms with van der Waals surface area (Å²) in [7, 11) is 0. The van der Waals surface area contributed by atoms with Crippen LogP contribution in [0.25, 0.3) is 5.78 Å². The Morgan fingerprint density at radius 1 is 1.17 bits per heavy atom. The van der Waals surface area contributed by atoms with E-state index in [1.165, 1.54) is 34.2 Å². The lowest BCUT2D eigenvalue weighted by molar-refractivity contribution is -0.115. The van der Waals surface area contributed by atoms with Gasteiger partial charge in [0.15, 0.2) is 4.80 Å². The molecule has 1 aromatic carbocycles. The van der Waals surface area contributed by atoms with Gasteiger partial charge in [-0.15, -0.1) is 16.4 Å². The summed E-state index contributed by atoms with van der Waals surface area (Å²) >= 11 is 2.72. The Morgan fingerprint density at radius 3 is 2.76 bits per heavy atom. The van der Waals surface area contributed by atoms with Crippen LogP contribution in [0.3, 0.4) is 0 Å². The van der Waals surface area contributed by atoms with Crippen molar-refractivity contribution >= 4 is 34.8 Å². The van der Waals surface area contributed by atoms with E-state index in [4.69, 9.17) is 0 Å². The fourth-order valence-corrected chi connectivity index (χ4v) is 4.22. The standard InChI is InChI=1S/C20H20N6OS2/c1-13-4-6-16(7-5-13)11-25-8-9-28-20(25)22-17(27)12-29-19-23-18-21-14(2)10-15(3)26(18)24-19/h4-10H,11-12H2,1-3H3. The highest BCUT2D eigenvalue weighted by molar-refractivity contribution is 7.99. The van der Waals surface area contributed by atoms with Crippen LogP contribution in [0.5, 0.6) is 0 Å². The van der Waals surface area contributed by atoms with Gasteiger partial charge in [0, 0.05) is 29.5 Å². The molecule has 1 amide bonds. The number of fused-ring (bicyclic) bond motifs is 1. The minimum atomic E-state index is -0.213. The Bertz CT molecular complexity index is 1240. The van der Waals surface area contributed by atoms with Crippen molar-refractivity contribution in [3.8, 4) is 0 Å². The molecule has 0 saturated heterocycles. The molecule has 0 aliphatic rings. The van der Waals surface area contributed by atoms with Gasteiger partial charge in [0.05, 0.1) is 5.75 Å². The maximum Gasteiger partial charge on any atom is 0.258 e. The normalized spacial score (nSPS) is 12.0. The van der Waals surface area contributed by atoms with E-state index >= 15 is 0 Å². The number of thioether (sulfide) groups is 1. The van der Waals surface area contributed by atoms with E-state index in [1.54, 1.807) is 4.52 Å². The number of nitrogens with zero attached hydrogens (tertiary/aromatic N) is 6. The molecule has 4 aromatic rings. The highest BCUT2D eigenvalue weighted by Crippen LogP contribution is 2.15. The van der Waals surface area contributed by atoms with E-state index in [9.17, 15) is 4.79 Å². The van der Waals surface area contributed by atoms with Crippen molar-refractivity contribution in [2.24, 2.45) is 4.99 Å². The van der Waals surface area contributed by atoms with Gasteiger partial charge in [0.2, 0.25) is 5.16 Å². The Kier molecular flexibility index (Phi) is 5.59. The fraction of sp³-hybridized carbons (Fsp3) is 0.250. The topological polar surface area (TPSA) is 77.4 Å². The van der Waals surface area contributed by atoms with Crippen LogP contribution < -0.4 is 4.80 Å². The molecule has 0 aliphatic carbocycles. The quantitative estimate of drug-likeness (QED) is 0.460. The Hall–Kier alpha value is -2.78. The summed E-state index contributed by atoms with van der Waals surface area (Å²) in [5.74, 6) is 0.510. The van der Waals surface area contributed by atoms with Crippen LogP contribution in [0.4, 0.5) is 0 Å². The van der Waals surface area contributed by atoms with Gasteiger partial charge in [-0.1, -0.05) is 41.6 Å². The van der Waals surface area contributed by atoms with E-state index < -0.39 is 0 Å². The number of carbonyl (C=O) groups excluding carboxylic acids is 1. The summed E-state index contributed by atoms with van der Waals surface area (Å²) in [6.45, 7) is 6.62. The second kappa shape index (κ2) is 8.30. The summed E-state index contributed by atoms with van der Waals surface area (Å²) in [4.78, 5) is 26.1. The number of amides is 1. The van der Waals surface area contributed by atoms with E-state index in [2.05, 4.69) is 51.2 Å². The highest BCUT2D eigenvalue weighted by Gasteiger charge is 2.10. The summed E-state index contributed by atoms with van der Waals surface area (Å²) in [5, 5.41) is 6.87. The van der Waals surface area contributed by atoms with Crippen LogP contribution >= 0.6 is 23.1 Å². The van der Waals surface area contributed by atoms with Crippen molar-refractivity contribution in [1.29, 1.82) is 0 Å². The third kappa shape index (κ3) is 4.63. The van der Waals surface area contributed by atoms with Crippen LogP contribution in [0, 0.1) is 20.8 Å². The third-order valence-corrected chi connectivity index (χ3v) is 5.89. The summed E-state index contributed by atoms with van der Waals surface area (Å²) < 4.78 is 3.67. The SMILES string of the molecule is Cc1ccc(Cn2ccsc2=NC(=O)CSc2nc3nc(C)cc(C)n3n2)cc1. The lowest BCUT2D eigenvalue weighted by Gasteiger charge is -2.03. The van der Waals surface area contributed by atoms with E-state index in [0.29, 0.717) is 22.3 Å². The number of benzene rings is 1. The maximum absolute atomic E-state index is 12.4. The first-order valence-electron chi connectivity index (χ1n) is 9.09. The average molecular weight is 425 g/mol. The van der Waals surface area contributed by atoms with Crippen LogP contribution in [-0.2, 0) is 11.3 Å². The van der Waals surface area contributed by atoms with Gasteiger partial charge in [0.1, 0.15) is 0 Å². The van der Waals surface area contributed by atoms with Crippen molar-refractivity contribution in [1.82, 2.24) is 24.1 Å². The van der Waals surface area contributed by atoms with E-state index in [1.807, 2.05) is 36.1 Å². The Morgan fingerprint density at radius 2 is 1.97 bits per heavy atom. The smallest absolute Gasteiger partial charge is 0.258 e. The predicted molar refractivity (Wildman–Crippen MR) is 114 cm³/mol. The zero-order valence-corrected chi connectivity index (χ0v) is 18.0. The van der Waals surface area contributed by atoms with Crippen molar-refractivity contribution in [3.63, 3.8) is 0 Å². The molecule has 0 saturated carbocycles. The summed E-state index contributed by atoms with van der Waals surface area (Å²) in [6.07, 6.45) is 1.95.